The largest absolute Gasteiger partial charge is 0.0870 e. The zero-order chi connectivity index (χ0) is 11.3. The van der Waals surface area contributed by atoms with Crippen LogP contribution in [0.3, 0.4) is 0 Å². The summed E-state index contributed by atoms with van der Waals surface area (Å²) in [6.07, 6.45) is 8.56. The van der Waals surface area contributed by atoms with E-state index in [2.05, 4.69) is 70.2 Å². The maximum atomic E-state index is 2.24. The molecular weight excluding hydrogens is 180 g/mol. The minimum atomic E-state index is 0.571. The summed E-state index contributed by atoms with van der Waals surface area (Å²) < 4.78 is 0. The van der Waals surface area contributed by atoms with Crippen molar-refractivity contribution in [2.24, 2.45) is 0 Å². The Morgan fingerprint density at radius 3 is 2.20 bits per heavy atom. The molecule has 0 aliphatic heterocycles. The van der Waals surface area contributed by atoms with Gasteiger partial charge in [0.2, 0.25) is 0 Å². The average molecular weight is 200 g/mol. The Labute approximate surface area is 93.3 Å². The molecule has 0 saturated carbocycles. The molecule has 0 fully saturated rings. The Hall–Kier alpha value is -1.30. The van der Waals surface area contributed by atoms with Gasteiger partial charge in [-0.25, -0.2) is 0 Å². The maximum Gasteiger partial charge on any atom is -0.0153 e. The number of hydrogen-bond acceptors (Lipinski definition) is 0. The van der Waals surface area contributed by atoms with E-state index in [9.17, 15) is 0 Å². The molecule has 0 aliphatic rings. The van der Waals surface area contributed by atoms with E-state index in [1.165, 1.54) is 16.7 Å². The van der Waals surface area contributed by atoms with Crippen LogP contribution >= 0.6 is 0 Å². The number of benzene rings is 1. The van der Waals surface area contributed by atoms with Crippen molar-refractivity contribution in [2.75, 3.05) is 0 Å². The van der Waals surface area contributed by atoms with E-state index < -0.39 is 0 Å². The van der Waals surface area contributed by atoms with Crippen LogP contribution in [-0.4, -0.2) is 0 Å². The van der Waals surface area contributed by atoms with Gasteiger partial charge in [-0.05, 0) is 36.5 Å². The van der Waals surface area contributed by atoms with Crippen molar-refractivity contribution in [3.05, 3.63) is 47.0 Å². The van der Waals surface area contributed by atoms with E-state index in [0.29, 0.717) is 5.92 Å². The maximum absolute atomic E-state index is 2.24. The Morgan fingerprint density at radius 1 is 1.00 bits per heavy atom. The van der Waals surface area contributed by atoms with Gasteiger partial charge in [0.05, 0.1) is 0 Å². The van der Waals surface area contributed by atoms with Gasteiger partial charge in [0.25, 0.3) is 0 Å². The van der Waals surface area contributed by atoms with Crippen molar-refractivity contribution in [2.45, 2.75) is 33.6 Å². The Kier molecular flexibility index (Phi) is 4.36. The van der Waals surface area contributed by atoms with Crippen LogP contribution in [0.1, 0.15) is 50.3 Å². The lowest BCUT2D eigenvalue weighted by atomic mass is 9.93. The van der Waals surface area contributed by atoms with Gasteiger partial charge in [0.15, 0.2) is 0 Å². The highest BCUT2D eigenvalue weighted by Gasteiger charge is 2.06. The predicted molar refractivity (Wildman–Crippen MR) is 69.9 cm³/mol. The molecule has 1 rings (SSSR count). The van der Waals surface area contributed by atoms with Gasteiger partial charge < -0.3 is 0 Å². The van der Waals surface area contributed by atoms with E-state index in [1.807, 2.05) is 0 Å². The first-order chi connectivity index (χ1) is 7.20. The fourth-order valence-corrected chi connectivity index (χ4v) is 1.79. The summed E-state index contributed by atoms with van der Waals surface area (Å²) in [5.41, 5.74) is 4.08. The van der Waals surface area contributed by atoms with Crippen molar-refractivity contribution in [1.29, 1.82) is 0 Å². The molecule has 0 nitrogen and oxygen atoms in total. The van der Waals surface area contributed by atoms with Gasteiger partial charge in [-0.3, -0.25) is 0 Å². The molecule has 0 unspecified atom stereocenters. The second-order valence-corrected chi connectivity index (χ2v) is 4.00. The number of hydrogen-bond donors (Lipinski definition) is 0. The average Bonchev–Trinajstić information content (AvgIpc) is 2.21. The van der Waals surface area contributed by atoms with Crippen molar-refractivity contribution in [1.82, 2.24) is 0 Å². The molecule has 0 heterocycles. The van der Waals surface area contributed by atoms with Crippen LogP contribution in [0.4, 0.5) is 0 Å². The quantitative estimate of drug-likeness (QED) is 0.652. The van der Waals surface area contributed by atoms with E-state index >= 15 is 0 Å². The van der Waals surface area contributed by atoms with Gasteiger partial charge in [0, 0.05) is 0 Å². The molecule has 80 valence electrons. The zero-order valence-corrected chi connectivity index (χ0v) is 10.1. The molecule has 0 aromatic heterocycles. The first-order valence-corrected chi connectivity index (χ1v) is 5.59. The monoisotopic (exact) mass is 200 g/mol. The fraction of sp³-hybridized carbons (Fsp3) is 0.333. The minimum absolute atomic E-state index is 0.571. The van der Waals surface area contributed by atoms with E-state index in [4.69, 9.17) is 0 Å². The summed E-state index contributed by atoms with van der Waals surface area (Å²) in [6.45, 7) is 8.60. The van der Waals surface area contributed by atoms with Crippen LogP contribution in [0.5, 0.6) is 0 Å². The Morgan fingerprint density at radius 2 is 1.67 bits per heavy atom. The third kappa shape index (κ3) is 2.82. The lowest BCUT2D eigenvalue weighted by Crippen LogP contribution is -1.94. The SMILES string of the molecule is C/C=C\c1c(/C=C/C)cccc1C(C)C. The number of allylic oxidation sites excluding steroid dienone is 2. The Balaban J connectivity index is 3.34. The van der Waals surface area contributed by atoms with E-state index in [-0.39, 0.29) is 0 Å². The third-order valence-corrected chi connectivity index (χ3v) is 2.48. The molecule has 15 heavy (non-hydrogen) atoms. The molecule has 0 N–H and O–H groups in total. The van der Waals surface area contributed by atoms with Crippen LogP contribution in [0.15, 0.2) is 30.4 Å². The summed E-state index contributed by atoms with van der Waals surface area (Å²) in [4.78, 5) is 0. The summed E-state index contributed by atoms with van der Waals surface area (Å²) >= 11 is 0. The second-order valence-electron chi connectivity index (χ2n) is 4.00. The van der Waals surface area contributed by atoms with Gasteiger partial charge >= 0.3 is 0 Å². The first-order valence-electron chi connectivity index (χ1n) is 5.59. The molecule has 0 amide bonds. The highest BCUT2D eigenvalue weighted by atomic mass is 14.1. The molecule has 0 radical (unpaired) electrons. The zero-order valence-electron chi connectivity index (χ0n) is 10.1. The molecule has 0 bridgehead atoms. The molecule has 1 aromatic rings. The van der Waals surface area contributed by atoms with Crippen LogP contribution in [0.25, 0.3) is 12.2 Å². The number of rotatable bonds is 3. The molecular formula is C15H20. The summed E-state index contributed by atoms with van der Waals surface area (Å²) in [7, 11) is 0. The van der Waals surface area contributed by atoms with Crippen molar-refractivity contribution < 1.29 is 0 Å². The first kappa shape index (κ1) is 11.8. The van der Waals surface area contributed by atoms with E-state index in [1.54, 1.807) is 0 Å². The minimum Gasteiger partial charge on any atom is -0.0870 e. The van der Waals surface area contributed by atoms with Gasteiger partial charge in [-0.15, -0.1) is 0 Å². The van der Waals surface area contributed by atoms with Crippen molar-refractivity contribution in [3.8, 4) is 0 Å². The molecule has 0 atom stereocenters. The fourth-order valence-electron chi connectivity index (χ4n) is 1.79. The predicted octanol–water partition coefficient (Wildman–Crippen LogP) is 4.88. The molecule has 0 heteroatoms. The van der Waals surface area contributed by atoms with Crippen LogP contribution < -0.4 is 0 Å². The normalized spacial score (nSPS) is 12.1. The molecule has 1 aromatic carbocycles. The Bertz CT molecular complexity index is 368. The highest BCUT2D eigenvalue weighted by molar-refractivity contribution is 5.68. The highest BCUT2D eigenvalue weighted by Crippen LogP contribution is 2.25. The van der Waals surface area contributed by atoms with Crippen LogP contribution in [0.2, 0.25) is 0 Å². The second kappa shape index (κ2) is 5.55. The van der Waals surface area contributed by atoms with Crippen LogP contribution in [-0.2, 0) is 0 Å². The summed E-state index contributed by atoms with van der Waals surface area (Å²) in [5.74, 6) is 0.571. The third-order valence-electron chi connectivity index (χ3n) is 2.48. The summed E-state index contributed by atoms with van der Waals surface area (Å²) in [6, 6.07) is 6.52. The lowest BCUT2D eigenvalue weighted by molar-refractivity contribution is 0.863. The molecule has 0 spiro atoms. The van der Waals surface area contributed by atoms with Gasteiger partial charge in [-0.2, -0.15) is 0 Å². The molecule has 0 saturated heterocycles. The van der Waals surface area contributed by atoms with Crippen molar-refractivity contribution in [3.63, 3.8) is 0 Å². The van der Waals surface area contributed by atoms with E-state index in [0.717, 1.165) is 0 Å². The lowest BCUT2D eigenvalue weighted by Gasteiger charge is -2.12. The van der Waals surface area contributed by atoms with Gasteiger partial charge in [-0.1, -0.05) is 56.4 Å². The smallest absolute Gasteiger partial charge is 0.0153 e. The van der Waals surface area contributed by atoms with Crippen molar-refractivity contribution >= 4 is 12.2 Å². The van der Waals surface area contributed by atoms with Gasteiger partial charge in [0.1, 0.15) is 0 Å². The summed E-state index contributed by atoms with van der Waals surface area (Å²) in [5, 5.41) is 0. The topological polar surface area (TPSA) is 0 Å². The molecule has 0 aliphatic carbocycles. The standard InChI is InChI=1S/C15H20/c1-5-8-13-10-7-11-14(12(3)4)15(13)9-6-2/h5-12H,1-4H3/b8-5+,9-6-. The van der Waals surface area contributed by atoms with Crippen LogP contribution in [0, 0.1) is 0 Å².